The van der Waals surface area contributed by atoms with Gasteiger partial charge < -0.3 is 10.2 Å². The van der Waals surface area contributed by atoms with Crippen LogP contribution in [0.25, 0.3) is 11.0 Å². The average Bonchev–Trinajstić information content (AvgIpc) is 2.82. The topological polar surface area (TPSA) is 69.7 Å². The van der Waals surface area contributed by atoms with Crippen LogP contribution in [0, 0.1) is 5.41 Å². The molecule has 3 rings (SSSR count). The zero-order valence-electron chi connectivity index (χ0n) is 12.4. The Morgan fingerprint density at radius 2 is 2.10 bits per heavy atom. The number of hydrogen-bond acceptors (Lipinski definition) is 5. The van der Waals surface area contributed by atoms with Crippen molar-refractivity contribution in [2.75, 3.05) is 30.4 Å². The highest BCUT2D eigenvalue weighted by Gasteiger charge is 2.25. The molecule has 6 heteroatoms. The van der Waals surface area contributed by atoms with Crippen molar-refractivity contribution in [2.24, 2.45) is 5.41 Å². The molecule has 0 unspecified atom stereocenters. The van der Waals surface area contributed by atoms with Crippen molar-refractivity contribution in [2.45, 2.75) is 33.1 Å². The van der Waals surface area contributed by atoms with Gasteiger partial charge in [0.15, 0.2) is 5.65 Å². The molecule has 0 radical (unpaired) electrons. The first kappa shape index (κ1) is 13.1. The van der Waals surface area contributed by atoms with Crippen LogP contribution < -0.4 is 10.2 Å². The molecule has 20 heavy (non-hydrogen) atoms. The predicted molar refractivity (Wildman–Crippen MR) is 81.1 cm³/mol. The number of rotatable bonds is 2. The van der Waals surface area contributed by atoms with Crippen LogP contribution in [0.15, 0.2) is 6.20 Å². The predicted octanol–water partition coefficient (Wildman–Crippen LogP) is 2.41. The molecule has 0 aliphatic carbocycles. The fourth-order valence-electron chi connectivity index (χ4n) is 2.81. The van der Waals surface area contributed by atoms with Gasteiger partial charge in [0.05, 0.1) is 11.6 Å². The van der Waals surface area contributed by atoms with Crippen molar-refractivity contribution in [1.82, 2.24) is 20.2 Å². The monoisotopic (exact) mass is 274 g/mol. The van der Waals surface area contributed by atoms with Crippen LogP contribution in [-0.2, 0) is 0 Å². The molecular weight excluding hydrogens is 252 g/mol. The van der Waals surface area contributed by atoms with Gasteiger partial charge in [0.2, 0.25) is 5.95 Å². The lowest BCUT2D eigenvalue weighted by Gasteiger charge is -2.24. The standard InChI is InChI=1S/C14H22N6/c1-14(2)5-4-7-20(8-6-14)12-10-9-16-19-11(10)17-13(15-3)18-12/h9H,4-8H2,1-3H3,(H2,15,16,17,18,19). The normalized spacial score (nSPS) is 19.1. The van der Waals surface area contributed by atoms with Gasteiger partial charge in [0.1, 0.15) is 5.82 Å². The fourth-order valence-corrected chi connectivity index (χ4v) is 2.81. The first-order chi connectivity index (χ1) is 9.59. The smallest absolute Gasteiger partial charge is 0.226 e. The molecule has 2 aromatic heterocycles. The second kappa shape index (κ2) is 4.92. The number of H-pyrrole nitrogens is 1. The van der Waals surface area contributed by atoms with Gasteiger partial charge in [-0.1, -0.05) is 13.8 Å². The Morgan fingerprint density at radius 3 is 2.90 bits per heavy atom. The van der Waals surface area contributed by atoms with Crippen molar-refractivity contribution < 1.29 is 0 Å². The SMILES string of the molecule is CNc1nc(N2CCCC(C)(C)CC2)c2cn[nH]c2n1. The van der Waals surface area contributed by atoms with E-state index in [0.717, 1.165) is 29.9 Å². The van der Waals surface area contributed by atoms with Crippen LogP contribution in [0.2, 0.25) is 0 Å². The third kappa shape index (κ3) is 2.42. The number of nitrogens with one attached hydrogen (secondary N) is 2. The minimum atomic E-state index is 0.420. The number of fused-ring (bicyclic) bond motifs is 1. The Balaban J connectivity index is 1.98. The van der Waals surface area contributed by atoms with Crippen molar-refractivity contribution in [3.05, 3.63) is 6.20 Å². The highest BCUT2D eigenvalue weighted by Crippen LogP contribution is 2.33. The highest BCUT2D eigenvalue weighted by atomic mass is 15.3. The van der Waals surface area contributed by atoms with Gasteiger partial charge in [-0.15, -0.1) is 0 Å². The van der Waals surface area contributed by atoms with Crippen LogP contribution in [0.5, 0.6) is 0 Å². The molecule has 6 nitrogen and oxygen atoms in total. The van der Waals surface area contributed by atoms with Gasteiger partial charge in [0.25, 0.3) is 0 Å². The second-order valence-electron chi connectivity index (χ2n) is 6.26. The van der Waals surface area contributed by atoms with Gasteiger partial charge in [-0.3, -0.25) is 5.10 Å². The Hall–Kier alpha value is -1.85. The Bertz CT molecular complexity index is 603. The van der Waals surface area contributed by atoms with Crippen LogP contribution in [0.3, 0.4) is 0 Å². The lowest BCUT2D eigenvalue weighted by Crippen LogP contribution is -2.26. The third-order valence-electron chi connectivity index (χ3n) is 4.15. The molecule has 0 bridgehead atoms. The van der Waals surface area contributed by atoms with E-state index in [1.165, 1.54) is 19.3 Å². The molecule has 0 saturated carbocycles. The van der Waals surface area contributed by atoms with Gasteiger partial charge in [0, 0.05) is 20.1 Å². The van der Waals surface area contributed by atoms with Crippen LogP contribution in [-0.4, -0.2) is 40.3 Å². The van der Waals surface area contributed by atoms with Crippen LogP contribution in [0.1, 0.15) is 33.1 Å². The first-order valence-electron chi connectivity index (χ1n) is 7.23. The highest BCUT2D eigenvalue weighted by molar-refractivity contribution is 5.87. The number of nitrogens with zero attached hydrogens (tertiary/aromatic N) is 4. The summed E-state index contributed by atoms with van der Waals surface area (Å²) in [6.45, 7) is 6.78. The van der Waals surface area contributed by atoms with E-state index in [-0.39, 0.29) is 0 Å². The summed E-state index contributed by atoms with van der Waals surface area (Å²) in [5.74, 6) is 1.63. The summed E-state index contributed by atoms with van der Waals surface area (Å²) >= 11 is 0. The maximum atomic E-state index is 4.65. The van der Waals surface area contributed by atoms with E-state index < -0.39 is 0 Å². The lowest BCUT2D eigenvalue weighted by molar-refractivity contribution is 0.325. The Morgan fingerprint density at radius 1 is 1.25 bits per heavy atom. The minimum absolute atomic E-state index is 0.420. The quantitative estimate of drug-likeness (QED) is 0.880. The summed E-state index contributed by atoms with van der Waals surface area (Å²) in [4.78, 5) is 11.4. The lowest BCUT2D eigenvalue weighted by atomic mass is 9.85. The van der Waals surface area contributed by atoms with E-state index in [0.29, 0.717) is 11.4 Å². The zero-order valence-corrected chi connectivity index (χ0v) is 12.4. The number of aromatic amines is 1. The molecule has 0 aromatic carbocycles. The maximum absolute atomic E-state index is 4.65. The molecule has 0 spiro atoms. The van der Waals surface area contributed by atoms with Crippen molar-refractivity contribution in [1.29, 1.82) is 0 Å². The van der Waals surface area contributed by atoms with Crippen molar-refractivity contribution >= 4 is 22.8 Å². The number of hydrogen-bond donors (Lipinski definition) is 2. The van der Waals surface area contributed by atoms with E-state index in [2.05, 4.69) is 44.2 Å². The van der Waals surface area contributed by atoms with Crippen molar-refractivity contribution in [3.63, 3.8) is 0 Å². The minimum Gasteiger partial charge on any atom is -0.357 e. The molecule has 2 aromatic rings. The summed E-state index contributed by atoms with van der Waals surface area (Å²) in [7, 11) is 1.84. The summed E-state index contributed by atoms with van der Waals surface area (Å²) in [6.07, 6.45) is 5.47. The zero-order chi connectivity index (χ0) is 14.2. The first-order valence-corrected chi connectivity index (χ1v) is 7.23. The molecule has 1 aliphatic rings. The number of anilines is 2. The molecule has 1 saturated heterocycles. The Labute approximate surface area is 119 Å². The second-order valence-corrected chi connectivity index (χ2v) is 6.26. The molecule has 1 aliphatic heterocycles. The molecule has 2 N–H and O–H groups in total. The molecule has 1 fully saturated rings. The molecule has 3 heterocycles. The third-order valence-corrected chi connectivity index (χ3v) is 4.15. The fraction of sp³-hybridized carbons (Fsp3) is 0.643. The van der Waals surface area contributed by atoms with E-state index in [1.54, 1.807) is 0 Å². The largest absolute Gasteiger partial charge is 0.357 e. The van der Waals surface area contributed by atoms with Gasteiger partial charge in [-0.05, 0) is 24.7 Å². The van der Waals surface area contributed by atoms with Gasteiger partial charge in [-0.2, -0.15) is 15.1 Å². The van der Waals surface area contributed by atoms with E-state index in [1.807, 2.05) is 13.2 Å². The molecule has 0 amide bonds. The molecule has 0 atom stereocenters. The van der Waals surface area contributed by atoms with Crippen LogP contribution in [0.4, 0.5) is 11.8 Å². The van der Waals surface area contributed by atoms with E-state index in [9.17, 15) is 0 Å². The van der Waals surface area contributed by atoms with E-state index >= 15 is 0 Å². The summed E-state index contributed by atoms with van der Waals surface area (Å²) in [5.41, 5.74) is 1.21. The summed E-state index contributed by atoms with van der Waals surface area (Å²) in [6, 6.07) is 0. The molecule has 108 valence electrons. The number of aromatic nitrogens is 4. The molecular formula is C14H22N6. The maximum Gasteiger partial charge on any atom is 0.226 e. The van der Waals surface area contributed by atoms with Gasteiger partial charge in [-0.25, -0.2) is 0 Å². The van der Waals surface area contributed by atoms with Crippen LogP contribution >= 0.6 is 0 Å². The van der Waals surface area contributed by atoms with Gasteiger partial charge >= 0.3 is 0 Å². The van der Waals surface area contributed by atoms with Crippen molar-refractivity contribution in [3.8, 4) is 0 Å². The van der Waals surface area contributed by atoms with E-state index in [4.69, 9.17) is 0 Å². The Kier molecular flexibility index (Phi) is 3.23. The average molecular weight is 274 g/mol. The summed E-state index contributed by atoms with van der Waals surface area (Å²) < 4.78 is 0. The summed E-state index contributed by atoms with van der Waals surface area (Å²) in [5, 5.41) is 11.1.